The van der Waals surface area contributed by atoms with Crippen LogP contribution in [0.3, 0.4) is 0 Å². The number of aromatic hydroxyl groups is 1. The lowest BCUT2D eigenvalue weighted by Crippen LogP contribution is -2.25. The van der Waals surface area contributed by atoms with Crippen LogP contribution < -0.4 is 10.1 Å². The number of esters is 1. The Morgan fingerprint density at radius 2 is 2.00 bits per heavy atom. The van der Waals surface area contributed by atoms with Gasteiger partial charge in [-0.1, -0.05) is 6.07 Å². The lowest BCUT2D eigenvalue weighted by molar-refractivity contribution is -0.143. The number of carbonyl (C=O) groups is 1. The summed E-state index contributed by atoms with van der Waals surface area (Å²) in [5.41, 5.74) is -0.114. The molecule has 0 unspecified atom stereocenters. The number of benzene rings is 2. The van der Waals surface area contributed by atoms with Gasteiger partial charge in [-0.25, -0.2) is 14.4 Å². The smallest absolute Gasteiger partial charge is 0.316 e. The van der Waals surface area contributed by atoms with Crippen LogP contribution in [0.15, 0.2) is 41.1 Å². The number of hydrogen-bond acceptors (Lipinski definition) is 6. The Morgan fingerprint density at radius 3 is 2.70 bits per heavy atom. The monoisotopic (exact) mass is 433 g/mol. The van der Waals surface area contributed by atoms with E-state index in [0.717, 1.165) is 0 Å². The minimum absolute atomic E-state index is 0.0185. The Bertz CT molecular complexity index is 1030. The Morgan fingerprint density at radius 1 is 1.26 bits per heavy atom. The molecule has 0 radical (unpaired) electrons. The number of rotatable bonds is 3. The predicted molar refractivity (Wildman–Crippen MR) is 104 cm³/mol. The molecule has 0 bridgehead atoms. The SMILES string of the molecule is CC(C)(C)C(=O)Oc1cc2c(Nc3cccc(Br)c3F)ncnc2cc1O. The first kappa shape index (κ1) is 19.0. The molecule has 2 aromatic carbocycles. The Hall–Kier alpha value is -2.74. The van der Waals surface area contributed by atoms with E-state index in [-0.39, 0.29) is 17.2 Å². The van der Waals surface area contributed by atoms with Crippen molar-refractivity contribution in [3.8, 4) is 11.5 Å². The number of ether oxygens (including phenoxy) is 1. The van der Waals surface area contributed by atoms with E-state index in [1.165, 1.54) is 18.5 Å². The first-order chi connectivity index (χ1) is 12.7. The number of halogens is 2. The largest absolute Gasteiger partial charge is 0.504 e. The molecular weight excluding hydrogens is 417 g/mol. The van der Waals surface area contributed by atoms with Gasteiger partial charge in [-0.15, -0.1) is 0 Å². The van der Waals surface area contributed by atoms with Crippen molar-refractivity contribution >= 4 is 44.3 Å². The molecule has 0 amide bonds. The molecule has 140 valence electrons. The summed E-state index contributed by atoms with van der Waals surface area (Å²) in [7, 11) is 0. The molecule has 0 aliphatic heterocycles. The Labute approximate surface area is 163 Å². The van der Waals surface area contributed by atoms with Crippen molar-refractivity contribution in [2.75, 3.05) is 5.32 Å². The number of nitrogens with one attached hydrogen (secondary N) is 1. The average Bonchev–Trinajstić information content (AvgIpc) is 2.59. The molecule has 8 heteroatoms. The molecule has 0 saturated carbocycles. The second kappa shape index (κ2) is 7.11. The number of aromatic nitrogens is 2. The zero-order chi connectivity index (χ0) is 19.8. The summed E-state index contributed by atoms with van der Waals surface area (Å²) in [6, 6.07) is 7.65. The average molecular weight is 434 g/mol. The molecule has 2 N–H and O–H groups in total. The van der Waals surface area contributed by atoms with Gasteiger partial charge in [0.25, 0.3) is 0 Å². The van der Waals surface area contributed by atoms with Gasteiger partial charge in [-0.05, 0) is 54.9 Å². The second-order valence-corrected chi connectivity index (χ2v) is 7.78. The quantitative estimate of drug-likeness (QED) is 0.449. The van der Waals surface area contributed by atoms with Crippen molar-refractivity contribution < 1.29 is 19.0 Å². The van der Waals surface area contributed by atoms with Crippen LogP contribution in [0.1, 0.15) is 20.8 Å². The van der Waals surface area contributed by atoms with Crippen LogP contribution in [0.2, 0.25) is 0 Å². The Balaban J connectivity index is 2.05. The minimum atomic E-state index is -0.741. The second-order valence-electron chi connectivity index (χ2n) is 6.93. The molecule has 0 spiro atoms. The molecule has 3 aromatic rings. The van der Waals surface area contributed by atoms with Crippen LogP contribution in [0.4, 0.5) is 15.9 Å². The fourth-order valence-corrected chi connectivity index (χ4v) is 2.60. The maximum Gasteiger partial charge on any atom is 0.316 e. The molecule has 27 heavy (non-hydrogen) atoms. The Kier molecular flexibility index (Phi) is 5.01. The topological polar surface area (TPSA) is 84.3 Å². The van der Waals surface area contributed by atoms with E-state index >= 15 is 0 Å². The standard InChI is InChI=1S/C19H17BrFN3O3/c1-19(2,3)18(26)27-15-7-10-13(8-14(15)25)22-9-23-17(10)24-12-6-4-5-11(20)16(12)21/h4-9,25H,1-3H3,(H,22,23,24). The highest BCUT2D eigenvalue weighted by Gasteiger charge is 2.25. The number of fused-ring (bicyclic) bond motifs is 1. The molecule has 0 aliphatic carbocycles. The maximum atomic E-state index is 14.3. The van der Waals surface area contributed by atoms with E-state index in [4.69, 9.17) is 4.74 Å². The van der Waals surface area contributed by atoms with Crippen LogP contribution in [0.25, 0.3) is 10.9 Å². The van der Waals surface area contributed by atoms with E-state index in [1.807, 2.05) is 0 Å². The van der Waals surface area contributed by atoms with E-state index < -0.39 is 17.2 Å². The van der Waals surface area contributed by atoms with Crippen molar-refractivity contribution in [3.63, 3.8) is 0 Å². The zero-order valence-electron chi connectivity index (χ0n) is 14.9. The van der Waals surface area contributed by atoms with Crippen LogP contribution in [0.5, 0.6) is 11.5 Å². The number of hydrogen-bond donors (Lipinski definition) is 2. The third kappa shape index (κ3) is 4.00. The fourth-order valence-electron chi connectivity index (χ4n) is 2.23. The summed E-state index contributed by atoms with van der Waals surface area (Å²) >= 11 is 3.14. The van der Waals surface area contributed by atoms with Gasteiger partial charge in [0.2, 0.25) is 0 Å². The number of phenols is 1. The van der Waals surface area contributed by atoms with E-state index in [9.17, 15) is 14.3 Å². The summed E-state index contributed by atoms with van der Waals surface area (Å²) in [6.45, 7) is 5.12. The van der Waals surface area contributed by atoms with Crippen molar-refractivity contribution in [2.45, 2.75) is 20.8 Å². The van der Waals surface area contributed by atoms with Gasteiger partial charge in [0.15, 0.2) is 17.3 Å². The molecule has 0 atom stereocenters. The molecule has 0 fully saturated rings. The van der Waals surface area contributed by atoms with Crippen molar-refractivity contribution in [3.05, 3.63) is 46.9 Å². The molecule has 1 heterocycles. The first-order valence-electron chi connectivity index (χ1n) is 8.08. The van der Waals surface area contributed by atoms with Gasteiger partial charge in [-0.3, -0.25) is 4.79 Å². The van der Waals surface area contributed by atoms with Gasteiger partial charge in [-0.2, -0.15) is 0 Å². The van der Waals surface area contributed by atoms with Crippen LogP contribution in [0, 0.1) is 11.2 Å². The summed E-state index contributed by atoms with van der Waals surface area (Å²) in [5.74, 6) is -0.901. The van der Waals surface area contributed by atoms with Crippen LogP contribution in [-0.2, 0) is 4.79 Å². The van der Waals surface area contributed by atoms with Crippen LogP contribution >= 0.6 is 15.9 Å². The first-order valence-corrected chi connectivity index (χ1v) is 8.87. The number of phenolic OH excluding ortho intramolecular Hbond substituents is 1. The van der Waals surface area contributed by atoms with E-state index in [0.29, 0.717) is 21.2 Å². The van der Waals surface area contributed by atoms with Crippen LogP contribution in [-0.4, -0.2) is 21.0 Å². The molecule has 3 rings (SSSR count). The number of carbonyl (C=O) groups excluding carboxylic acids is 1. The summed E-state index contributed by atoms with van der Waals surface area (Å²) in [5, 5.41) is 13.5. The normalized spacial score (nSPS) is 11.4. The highest BCUT2D eigenvalue weighted by atomic mass is 79.9. The fraction of sp³-hybridized carbons (Fsp3) is 0.211. The van der Waals surface area contributed by atoms with E-state index in [2.05, 4.69) is 31.2 Å². The molecular formula is C19H17BrFN3O3. The zero-order valence-corrected chi connectivity index (χ0v) is 16.5. The van der Waals surface area contributed by atoms with Gasteiger partial charge in [0, 0.05) is 11.5 Å². The van der Waals surface area contributed by atoms with Crippen molar-refractivity contribution in [1.82, 2.24) is 9.97 Å². The molecule has 6 nitrogen and oxygen atoms in total. The maximum absolute atomic E-state index is 14.3. The lowest BCUT2D eigenvalue weighted by atomic mass is 9.97. The van der Waals surface area contributed by atoms with Gasteiger partial charge >= 0.3 is 5.97 Å². The highest BCUT2D eigenvalue weighted by Crippen LogP contribution is 2.35. The summed E-state index contributed by atoms with van der Waals surface area (Å²) in [6.07, 6.45) is 1.29. The summed E-state index contributed by atoms with van der Waals surface area (Å²) in [4.78, 5) is 20.4. The van der Waals surface area contributed by atoms with Gasteiger partial charge in [0.1, 0.15) is 12.1 Å². The number of anilines is 2. The van der Waals surface area contributed by atoms with E-state index in [1.54, 1.807) is 39.0 Å². The molecule has 1 aromatic heterocycles. The lowest BCUT2D eigenvalue weighted by Gasteiger charge is -2.17. The minimum Gasteiger partial charge on any atom is -0.504 e. The third-order valence-corrected chi connectivity index (χ3v) is 4.35. The number of nitrogens with zero attached hydrogens (tertiary/aromatic N) is 2. The van der Waals surface area contributed by atoms with Crippen molar-refractivity contribution in [2.24, 2.45) is 5.41 Å². The molecule has 0 aliphatic rings. The predicted octanol–water partition coefficient (Wildman–Crippen LogP) is 4.93. The van der Waals surface area contributed by atoms with Gasteiger partial charge in [0.05, 0.1) is 21.1 Å². The summed E-state index contributed by atoms with van der Waals surface area (Å²) < 4.78 is 19.9. The van der Waals surface area contributed by atoms with Crippen molar-refractivity contribution in [1.29, 1.82) is 0 Å². The van der Waals surface area contributed by atoms with Gasteiger partial charge < -0.3 is 15.2 Å². The third-order valence-electron chi connectivity index (χ3n) is 3.74. The molecule has 0 saturated heterocycles. The highest BCUT2D eigenvalue weighted by molar-refractivity contribution is 9.10.